The maximum Gasteiger partial charge on any atom is 0.326 e. The highest BCUT2D eigenvalue weighted by Gasteiger charge is 2.31. The number of aromatic nitrogens is 1. The van der Waals surface area contributed by atoms with Crippen LogP contribution in [0.15, 0.2) is 30.5 Å². The molecule has 1 aromatic heterocycles. The maximum atomic E-state index is 12.7. The van der Waals surface area contributed by atoms with Crippen molar-refractivity contribution < 1.29 is 44.1 Å². The van der Waals surface area contributed by atoms with Crippen molar-refractivity contribution in [3.05, 3.63) is 36.0 Å². The van der Waals surface area contributed by atoms with Crippen molar-refractivity contribution in [1.29, 1.82) is 0 Å². The molecule has 15 nitrogen and oxygen atoms in total. The van der Waals surface area contributed by atoms with Gasteiger partial charge >= 0.3 is 11.9 Å². The third kappa shape index (κ3) is 8.56. The summed E-state index contributed by atoms with van der Waals surface area (Å²) in [6.45, 7) is -0.938. The third-order valence-electron chi connectivity index (χ3n) is 5.57. The SMILES string of the molecule is NC(=O)CC(NC(=O)C(N)CCC(=O)O)C(=O)NC(CO)C(=O)NC(Cc1c[nH]c2ccccc12)C(=O)O. The molecule has 1 heterocycles. The van der Waals surface area contributed by atoms with Crippen LogP contribution in [0.2, 0.25) is 0 Å². The summed E-state index contributed by atoms with van der Waals surface area (Å²) in [6.07, 6.45) is 0.140. The van der Waals surface area contributed by atoms with Crippen LogP contribution in [-0.4, -0.2) is 86.6 Å². The number of carbonyl (C=O) groups excluding carboxylic acids is 4. The van der Waals surface area contributed by atoms with Crippen LogP contribution in [0.3, 0.4) is 0 Å². The summed E-state index contributed by atoms with van der Waals surface area (Å²) in [4.78, 5) is 74.6. The zero-order chi connectivity index (χ0) is 28.4. The molecule has 11 N–H and O–H groups in total. The number of rotatable bonds is 15. The first kappa shape index (κ1) is 29.7. The molecule has 2 rings (SSSR count). The first-order valence-corrected chi connectivity index (χ1v) is 11.5. The van der Waals surface area contributed by atoms with E-state index >= 15 is 0 Å². The molecule has 4 amide bonds. The van der Waals surface area contributed by atoms with Gasteiger partial charge in [-0.25, -0.2) is 4.79 Å². The van der Waals surface area contributed by atoms with E-state index in [1.165, 1.54) is 0 Å². The Bertz CT molecular complexity index is 1200. The lowest BCUT2D eigenvalue weighted by atomic mass is 10.0. The van der Waals surface area contributed by atoms with Gasteiger partial charge in [0.05, 0.1) is 19.1 Å². The third-order valence-corrected chi connectivity index (χ3v) is 5.57. The van der Waals surface area contributed by atoms with Crippen LogP contribution in [0.1, 0.15) is 24.8 Å². The van der Waals surface area contributed by atoms with Gasteiger partial charge in [-0.15, -0.1) is 0 Å². The van der Waals surface area contributed by atoms with Gasteiger partial charge in [-0.3, -0.25) is 24.0 Å². The summed E-state index contributed by atoms with van der Waals surface area (Å²) in [6, 6.07) is 1.17. The number of aliphatic hydroxyl groups is 1. The lowest BCUT2D eigenvalue weighted by Gasteiger charge is -2.23. The molecule has 0 aliphatic rings. The van der Waals surface area contributed by atoms with Gasteiger partial charge in [0, 0.05) is 29.9 Å². The fourth-order valence-electron chi connectivity index (χ4n) is 3.56. The number of nitrogens with two attached hydrogens (primary N) is 2. The number of carboxylic acid groups (broad SMARTS) is 2. The first-order chi connectivity index (χ1) is 17.9. The van der Waals surface area contributed by atoms with Crippen LogP contribution in [0.5, 0.6) is 0 Å². The van der Waals surface area contributed by atoms with Crippen LogP contribution < -0.4 is 27.4 Å². The highest BCUT2D eigenvalue weighted by Crippen LogP contribution is 2.19. The number of fused-ring (bicyclic) bond motifs is 1. The topological polar surface area (TPSA) is 267 Å². The highest BCUT2D eigenvalue weighted by atomic mass is 16.4. The second-order valence-corrected chi connectivity index (χ2v) is 8.48. The summed E-state index contributed by atoms with van der Waals surface area (Å²) in [5.41, 5.74) is 12.1. The normalized spacial score (nSPS) is 14.1. The zero-order valence-corrected chi connectivity index (χ0v) is 20.2. The van der Waals surface area contributed by atoms with E-state index < -0.39 is 79.2 Å². The number of hydrogen-bond donors (Lipinski definition) is 9. The van der Waals surface area contributed by atoms with Gasteiger partial charge in [0.2, 0.25) is 23.6 Å². The van der Waals surface area contributed by atoms with E-state index in [4.69, 9.17) is 16.6 Å². The Labute approximate surface area is 215 Å². The predicted octanol–water partition coefficient (Wildman–Crippen LogP) is -2.69. The van der Waals surface area contributed by atoms with Crippen molar-refractivity contribution >= 4 is 46.5 Å². The summed E-state index contributed by atoms with van der Waals surface area (Å²) in [5.74, 6) is -6.60. The Balaban J connectivity index is 2.08. The quantitative estimate of drug-likeness (QED) is 0.114. The smallest absolute Gasteiger partial charge is 0.326 e. The van der Waals surface area contributed by atoms with E-state index in [1.807, 2.05) is 0 Å². The number of benzene rings is 1. The highest BCUT2D eigenvalue weighted by molar-refractivity contribution is 5.96. The fourth-order valence-corrected chi connectivity index (χ4v) is 3.56. The van der Waals surface area contributed by atoms with Gasteiger partial charge in [0.25, 0.3) is 0 Å². The van der Waals surface area contributed by atoms with Gasteiger partial charge < -0.3 is 47.7 Å². The molecular formula is C23H30N6O9. The molecule has 0 spiro atoms. The standard InChI is InChI=1S/C23H30N6O9/c24-13(5-6-19(32)33)20(34)27-15(8-18(25)31)21(35)29-17(10-30)22(36)28-16(23(37)38)7-11-9-26-14-4-2-1-3-12(11)14/h1-4,9,13,15-17,26,30H,5-8,10,24H2,(H2,25,31)(H,27,34)(H,28,36)(H,29,35)(H,32,33)(H,37,38). The number of aromatic amines is 1. The Hall–Kier alpha value is -4.50. The molecular weight excluding hydrogens is 504 g/mol. The Kier molecular flexibility index (Phi) is 10.7. The van der Waals surface area contributed by atoms with Gasteiger partial charge in [0.1, 0.15) is 18.1 Å². The number of primary amides is 1. The van der Waals surface area contributed by atoms with Crippen molar-refractivity contribution in [2.45, 2.75) is 49.9 Å². The van der Waals surface area contributed by atoms with Crippen LogP contribution in [0, 0.1) is 0 Å². The predicted molar refractivity (Wildman–Crippen MR) is 131 cm³/mol. The second kappa shape index (κ2) is 13.7. The molecule has 206 valence electrons. The van der Waals surface area contributed by atoms with E-state index in [1.54, 1.807) is 30.5 Å². The molecule has 2 aromatic rings. The Morgan fingerprint density at radius 1 is 0.895 bits per heavy atom. The van der Waals surface area contributed by atoms with Crippen molar-refractivity contribution in [3.8, 4) is 0 Å². The minimum atomic E-state index is -1.64. The van der Waals surface area contributed by atoms with Crippen molar-refractivity contribution in [1.82, 2.24) is 20.9 Å². The van der Waals surface area contributed by atoms with Crippen molar-refractivity contribution in [2.75, 3.05) is 6.61 Å². The molecule has 0 bridgehead atoms. The fraction of sp³-hybridized carbons (Fsp3) is 0.391. The van der Waals surface area contributed by atoms with Crippen molar-refractivity contribution in [2.24, 2.45) is 11.5 Å². The minimum Gasteiger partial charge on any atom is -0.481 e. The lowest BCUT2D eigenvalue weighted by molar-refractivity contribution is -0.142. The Morgan fingerprint density at radius 2 is 1.50 bits per heavy atom. The molecule has 0 radical (unpaired) electrons. The molecule has 0 aliphatic heterocycles. The number of aliphatic carboxylic acids is 2. The molecule has 0 aliphatic carbocycles. The van der Waals surface area contributed by atoms with Crippen LogP contribution in [-0.2, 0) is 35.2 Å². The second-order valence-electron chi connectivity index (χ2n) is 8.48. The monoisotopic (exact) mass is 534 g/mol. The molecule has 4 atom stereocenters. The molecule has 0 saturated heterocycles. The molecule has 15 heteroatoms. The Morgan fingerprint density at radius 3 is 2.11 bits per heavy atom. The van der Waals surface area contributed by atoms with E-state index in [9.17, 15) is 39.0 Å². The van der Waals surface area contributed by atoms with Gasteiger partial charge in [-0.1, -0.05) is 18.2 Å². The zero-order valence-electron chi connectivity index (χ0n) is 20.2. The summed E-state index contributed by atoms with van der Waals surface area (Å²) in [5, 5.41) is 35.3. The van der Waals surface area contributed by atoms with Gasteiger partial charge in [-0.05, 0) is 18.1 Å². The van der Waals surface area contributed by atoms with E-state index in [-0.39, 0.29) is 12.8 Å². The van der Waals surface area contributed by atoms with Crippen molar-refractivity contribution in [3.63, 3.8) is 0 Å². The van der Waals surface area contributed by atoms with Crippen LogP contribution >= 0.6 is 0 Å². The molecule has 1 aromatic carbocycles. The number of nitrogens with one attached hydrogen (secondary N) is 4. The maximum absolute atomic E-state index is 12.7. The summed E-state index contributed by atoms with van der Waals surface area (Å²) < 4.78 is 0. The van der Waals surface area contributed by atoms with E-state index in [0.29, 0.717) is 5.56 Å². The molecule has 0 fully saturated rings. The number of carbonyl (C=O) groups is 6. The van der Waals surface area contributed by atoms with Crippen LogP contribution in [0.4, 0.5) is 0 Å². The van der Waals surface area contributed by atoms with Gasteiger partial charge in [-0.2, -0.15) is 0 Å². The number of para-hydroxylation sites is 1. The number of aliphatic hydroxyl groups excluding tert-OH is 1. The van der Waals surface area contributed by atoms with Crippen LogP contribution in [0.25, 0.3) is 10.9 Å². The average Bonchev–Trinajstić information content (AvgIpc) is 3.27. The lowest BCUT2D eigenvalue weighted by Crippen LogP contribution is -2.58. The number of H-pyrrole nitrogens is 1. The first-order valence-electron chi connectivity index (χ1n) is 11.5. The molecule has 38 heavy (non-hydrogen) atoms. The van der Waals surface area contributed by atoms with E-state index in [2.05, 4.69) is 20.9 Å². The molecule has 0 saturated carbocycles. The minimum absolute atomic E-state index is 0.105. The average molecular weight is 535 g/mol. The number of hydrogen-bond acceptors (Lipinski definition) is 8. The van der Waals surface area contributed by atoms with E-state index in [0.717, 1.165) is 10.9 Å². The van der Waals surface area contributed by atoms with Gasteiger partial charge in [0.15, 0.2) is 0 Å². The summed E-state index contributed by atoms with van der Waals surface area (Å²) >= 11 is 0. The molecule has 4 unspecified atom stereocenters. The largest absolute Gasteiger partial charge is 0.481 e. The number of amides is 4. The summed E-state index contributed by atoms with van der Waals surface area (Å²) in [7, 11) is 0. The number of carboxylic acids is 2.